The maximum absolute atomic E-state index is 11.6. The normalized spacial score (nSPS) is 37.1. The first-order chi connectivity index (χ1) is 6.84. The molecule has 1 heterocycles. The quantitative estimate of drug-likeness (QED) is 0.649. The van der Waals surface area contributed by atoms with Crippen LogP contribution in [0.3, 0.4) is 0 Å². The van der Waals surface area contributed by atoms with Crippen molar-refractivity contribution in [1.29, 1.82) is 0 Å². The first-order valence-electron chi connectivity index (χ1n) is 5.85. The molecule has 3 atom stereocenters. The van der Waals surface area contributed by atoms with Gasteiger partial charge in [0, 0.05) is 5.82 Å². The predicted molar refractivity (Wildman–Crippen MR) is 61.1 cm³/mol. The molecule has 15 heavy (non-hydrogen) atoms. The summed E-state index contributed by atoms with van der Waals surface area (Å²) in [4.78, 5) is 23.1. The van der Waals surface area contributed by atoms with Crippen LogP contribution >= 0.6 is 0 Å². The van der Waals surface area contributed by atoms with Crippen molar-refractivity contribution >= 4 is 18.2 Å². The Labute approximate surface area is 91.9 Å². The van der Waals surface area contributed by atoms with Gasteiger partial charge in [0.2, 0.25) is 6.71 Å². The molecule has 1 saturated carbocycles. The highest BCUT2D eigenvalue weighted by Gasteiger charge is 2.60. The molecule has 2 fully saturated rings. The van der Waals surface area contributed by atoms with Gasteiger partial charge in [-0.3, -0.25) is 0 Å². The van der Waals surface area contributed by atoms with E-state index in [0.29, 0.717) is 17.3 Å². The van der Waals surface area contributed by atoms with Crippen LogP contribution in [0.25, 0.3) is 0 Å². The molecule has 0 amide bonds. The fraction of sp³-hybridized carbons (Fsp3) is 0.833. The van der Waals surface area contributed by atoms with Gasteiger partial charge in [-0.15, -0.1) is 0 Å². The number of hydrogen-bond acceptors (Lipinski definition) is 2. The van der Waals surface area contributed by atoms with Crippen LogP contribution in [0.5, 0.6) is 0 Å². The van der Waals surface area contributed by atoms with Gasteiger partial charge in [0.05, 0.1) is 5.68 Å². The number of ketones is 1. The summed E-state index contributed by atoms with van der Waals surface area (Å²) in [6.07, 6.45) is 2.06. The lowest BCUT2D eigenvalue weighted by Gasteiger charge is -2.50. The largest absolute Gasteiger partial charge is 0.311 e. The van der Waals surface area contributed by atoms with Gasteiger partial charge in [-0.25, -0.2) is 0 Å². The van der Waals surface area contributed by atoms with E-state index in [1.54, 1.807) is 13.8 Å². The highest BCUT2D eigenvalue weighted by Crippen LogP contribution is 2.63. The van der Waals surface area contributed by atoms with E-state index in [-0.39, 0.29) is 24.0 Å². The van der Waals surface area contributed by atoms with E-state index in [1.807, 2.05) is 0 Å². The molecule has 1 aliphatic heterocycles. The standard InChI is InChI=1S/C12H19BO2/c1-7(14)11-9-5-12(3,4)10(9)6-13(11)8(2)15/h9-11H,5-6H2,1-4H3. The van der Waals surface area contributed by atoms with Gasteiger partial charge >= 0.3 is 0 Å². The minimum Gasteiger partial charge on any atom is -0.311 e. The second kappa shape index (κ2) is 3.20. The van der Waals surface area contributed by atoms with Crippen LogP contribution in [-0.4, -0.2) is 18.2 Å². The third-order valence-electron chi connectivity index (χ3n) is 4.68. The first-order valence-corrected chi connectivity index (χ1v) is 5.85. The highest BCUT2D eigenvalue weighted by molar-refractivity contribution is 6.93. The summed E-state index contributed by atoms with van der Waals surface area (Å²) in [7, 11) is 0. The van der Waals surface area contributed by atoms with E-state index >= 15 is 0 Å². The Morgan fingerprint density at radius 3 is 2.27 bits per heavy atom. The van der Waals surface area contributed by atoms with Crippen molar-refractivity contribution in [2.75, 3.05) is 0 Å². The maximum Gasteiger partial charge on any atom is 0.234 e. The summed E-state index contributed by atoms with van der Waals surface area (Å²) in [5, 5.41) is 0. The molecule has 0 spiro atoms. The third-order valence-corrected chi connectivity index (χ3v) is 4.68. The lowest BCUT2D eigenvalue weighted by atomic mass is 9.38. The van der Waals surface area contributed by atoms with Crippen molar-refractivity contribution in [3.05, 3.63) is 0 Å². The molecule has 2 aliphatic rings. The monoisotopic (exact) mass is 206 g/mol. The predicted octanol–water partition coefficient (Wildman–Crippen LogP) is 2.24. The van der Waals surface area contributed by atoms with Crippen molar-refractivity contribution in [1.82, 2.24) is 0 Å². The smallest absolute Gasteiger partial charge is 0.234 e. The van der Waals surface area contributed by atoms with E-state index in [4.69, 9.17) is 0 Å². The molecule has 3 heteroatoms. The summed E-state index contributed by atoms with van der Waals surface area (Å²) in [5.41, 5.74) is 0.558. The molecule has 0 aromatic carbocycles. The zero-order chi connectivity index (χ0) is 11.4. The van der Waals surface area contributed by atoms with Crippen molar-refractivity contribution in [2.45, 2.75) is 46.3 Å². The number of fused-ring (bicyclic) bond motifs is 1. The van der Waals surface area contributed by atoms with Gasteiger partial charge in [-0.1, -0.05) is 20.2 Å². The van der Waals surface area contributed by atoms with E-state index in [9.17, 15) is 9.59 Å². The highest BCUT2D eigenvalue weighted by atomic mass is 16.1. The number of carbonyl (C=O) groups excluding carboxylic acids is 2. The van der Waals surface area contributed by atoms with E-state index in [0.717, 1.165) is 12.7 Å². The Hall–Kier alpha value is -0.595. The molecule has 2 nitrogen and oxygen atoms in total. The number of rotatable bonds is 2. The van der Waals surface area contributed by atoms with E-state index < -0.39 is 0 Å². The van der Waals surface area contributed by atoms with Gasteiger partial charge < -0.3 is 9.59 Å². The summed E-state index contributed by atoms with van der Waals surface area (Å²) in [6, 6.07) is 0. The fourth-order valence-corrected chi connectivity index (χ4v) is 3.91. The summed E-state index contributed by atoms with van der Waals surface area (Å²) in [5.74, 6) is 1.34. The molecular weight excluding hydrogens is 187 g/mol. The van der Waals surface area contributed by atoms with Crippen molar-refractivity contribution in [2.24, 2.45) is 17.3 Å². The van der Waals surface area contributed by atoms with Gasteiger partial charge in [-0.2, -0.15) is 0 Å². The minimum absolute atomic E-state index is 0.0132. The zero-order valence-electron chi connectivity index (χ0n) is 10.0. The van der Waals surface area contributed by atoms with Crippen LogP contribution in [0, 0.1) is 17.3 Å². The lowest BCUT2D eigenvalue weighted by molar-refractivity contribution is -0.121. The molecule has 1 aliphatic carbocycles. The molecule has 0 aromatic heterocycles. The van der Waals surface area contributed by atoms with Crippen molar-refractivity contribution < 1.29 is 9.59 Å². The average Bonchev–Trinajstić information content (AvgIpc) is 2.39. The number of carbonyl (C=O) groups is 2. The van der Waals surface area contributed by atoms with Crippen LogP contribution in [0.2, 0.25) is 12.1 Å². The van der Waals surface area contributed by atoms with Crippen LogP contribution < -0.4 is 0 Å². The van der Waals surface area contributed by atoms with Gasteiger partial charge in [0.1, 0.15) is 5.78 Å². The van der Waals surface area contributed by atoms with Crippen LogP contribution in [-0.2, 0) is 9.59 Å². The Morgan fingerprint density at radius 1 is 1.27 bits per heavy atom. The Morgan fingerprint density at radius 2 is 1.87 bits per heavy atom. The molecule has 2 rings (SSSR count). The van der Waals surface area contributed by atoms with Crippen molar-refractivity contribution in [3.63, 3.8) is 0 Å². The first kappa shape index (κ1) is 10.9. The van der Waals surface area contributed by atoms with Crippen LogP contribution in [0.1, 0.15) is 34.1 Å². The molecule has 0 aromatic rings. The van der Waals surface area contributed by atoms with Crippen LogP contribution in [0.15, 0.2) is 0 Å². The average molecular weight is 206 g/mol. The van der Waals surface area contributed by atoms with Crippen LogP contribution in [0.4, 0.5) is 0 Å². The second-order valence-electron chi connectivity index (χ2n) is 6.05. The molecule has 3 unspecified atom stereocenters. The van der Waals surface area contributed by atoms with Gasteiger partial charge in [0.15, 0.2) is 0 Å². The third kappa shape index (κ3) is 1.47. The Balaban J connectivity index is 2.23. The summed E-state index contributed by atoms with van der Waals surface area (Å²) >= 11 is 0. The maximum atomic E-state index is 11.6. The zero-order valence-corrected chi connectivity index (χ0v) is 10.0. The SMILES string of the molecule is CC(=O)B1CC2C(CC2(C)C)C1C(C)=O. The second-order valence-corrected chi connectivity index (χ2v) is 6.05. The molecule has 0 N–H and O–H groups in total. The van der Waals surface area contributed by atoms with E-state index in [1.165, 1.54) is 0 Å². The number of Topliss-reactive ketones (excluding diaryl/α,β-unsaturated/α-hetero) is 1. The fourth-order valence-electron chi connectivity index (χ4n) is 3.91. The van der Waals surface area contributed by atoms with Gasteiger partial charge in [-0.05, 0) is 37.5 Å². The van der Waals surface area contributed by atoms with Gasteiger partial charge in [0.25, 0.3) is 0 Å². The summed E-state index contributed by atoms with van der Waals surface area (Å²) < 4.78 is 0. The summed E-state index contributed by atoms with van der Waals surface area (Å²) in [6.45, 7) is 7.81. The molecule has 0 radical (unpaired) electrons. The lowest BCUT2D eigenvalue weighted by Crippen LogP contribution is -2.42. The van der Waals surface area contributed by atoms with E-state index in [2.05, 4.69) is 13.8 Å². The Bertz CT molecular complexity index is 322. The molecular formula is C12H19BO2. The number of hydrogen-bond donors (Lipinski definition) is 0. The Kier molecular flexibility index (Phi) is 2.32. The van der Waals surface area contributed by atoms with Crippen molar-refractivity contribution in [3.8, 4) is 0 Å². The minimum atomic E-state index is 0.0132. The molecule has 0 bridgehead atoms. The molecule has 1 saturated heterocycles. The topological polar surface area (TPSA) is 34.1 Å². The molecule has 82 valence electrons.